The van der Waals surface area contributed by atoms with Crippen LogP contribution in [0.1, 0.15) is 31.2 Å². The van der Waals surface area contributed by atoms with Crippen LogP contribution in [-0.4, -0.2) is 17.0 Å². The molecule has 5 nitrogen and oxygen atoms in total. The highest BCUT2D eigenvalue weighted by Gasteiger charge is 2.35. The summed E-state index contributed by atoms with van der Waals surface area (Å²) in [5, 5.41) is 21.1. The Hall–Kier alpha value is -2.06. The summed E-state index contributed by atoms with van der Waals surface area (Å²) in [4.78, 5) is 23.6. The first-order valence-corrected chi connectivity index (χ1v) is 7.14. The maximum atomic E-state index is 12.3. The highest BCUT2D eigenvalue weighted by molar-refractivity contribution is 6.33. The van der Waals surface area contributed by atoms with Gasteiger partial charge in [0.05, 0.1) is 34.2 Å². The Balaban J connectivity index is 2.17. The number of carbonyl (C=O) groups is 2. The van der Waals surface area contributed by atoms with Crippen molar-refractivity contribution in [3.63, 3.8) is 0 Å². The molecule has 6 heteroatoms. The van der Waals surface area contributed by atoms with Gasteiger partial charge in [-0.15, -0.1) is 0 Å². The molecule has 0 spiro atoms. The zero-order chi connectivity index (χ0) is 15.4. The summed E-state index contributed by atoms with van der Waals surface area (Å²) < 4.78 is 0. The Bertz CT molecular complexity index is 609. The molecule has 2 N–H and O–H groups in total. The van der Waals surface area contributed by atoms with Crippen LogP contribution in [0, 0.1) is 23.2 Å². The first-order chi connectivity index (χ1) is 10.0. The Kier molecular flexibility index (Phi) is 4.81. The van der Waals surface area contributed by atoms with Crippen LogP contribution < -0.4 is 5.32 Å². The van der Waals surface area contributed by atoms with E-state index in [9.17, 15) is 14.7 Å². The lowest BCUT2D eigenvalue weighted by Gasteiger charge is -2.27. The summed E-state index contributed by atoms with van der Waals surface area (Å²) in [5.41, 5.74) is 0.726. The number of nitrogens with zero attached hydrogens (tertiary/aromatic N) is 1. The summed E-state index contributed by atoms with van der Waals surface area (Å²) in [7, 11) is 0. The van der Waals surface area contributed by atoms with Crippen molar-refractivity contribution in [2.45, 2.75) is 25.7 Å². The van der Waals surface area contributed by atoms with Crippen molar-refractivity contribution in [2.24, 2.45) is 11.8 Å². The normalized spacial score (nSPS) is 21.3. The van der Waals surface area contributed by atoms with Crippen LogP contribution in [0.4, 0.5) is 5.69 Å². The Labute approximate surface area is 127 Å². The molecule has 0 aliphatic heterocycles. The van der Waals surface area contributed by atoms with Crippen LogP contribution in [0.15, 0.2) is 18.2 Å². The molecule has 1 aliphatic carbocycles. The molecule has 1 saturated carbocycles. The van der Waals surface area contributed by atoms with Crippen molar-refractivity contribution < 1.29 is 14.7 Å². The number of nitrogens with one attached hydrogen (secondary N) is 1. The van der Waals surface area contributed by atoms with Crippen molar-refractivity contribution in [2.75, 3.05) is 5.32 Å². The maximum Gasteiger partial charge on any atom is 0.307 e. The quantitative estimate of drug-likeness (QED) is 0.898. The van der Waals surface area contributed by atoms with Gasteiger partial charge in [-0.3, -0.25) is 9.59 Å². The zero-order valence-electron chi connectivity index (χ0n) is 11.3. The summed E-state index contributed by atoms with van der Waals surface area (Å²) >= 11 is 5.99. The monoisotopic (exact) mass is 306 g/mol. The smallest absolute Gasteiger partial charge is 0.307 e. The van der Waals surface area contributed by atoms with Gasteiger partial charge < -0.3 is 10.4 Å². The van der Waals surface area contributed by atoms with Crippen molar-refractivity contribution in [3.05, 3.63) is 28.8 Å². The Morgan fingerprint density at radius 3 is 2.57 bits per heavy atom. The molecular formula is C15H15ClN2O3. The number of carboxylic acids is 1. The fourth-order valence-corrected chi connectivity index (χ4v) is 2.82. The molecule has 1 aromatic rings. The third kappa shape index (κ3) is 3.53. The van der Waals surface area contributed by atoms with Gasteiger partial charge in [-0.25, -0.2) is 0 Å². The molecule has 1 aromatic carbocycles. The van der Waals surface area contributed by atoms with Gasteiger partial charge in [0.2, 0.25) is 5.91 Å². The molecule has 0 radical (unpaired) electrons. The molecule has 0 bridgehead atoms. The van der Waals surface area contributed by atoms with Gasteiger partial charge in [-0.2, -0.15) is 5.26 Å². The van der Waals surface area contributed by atoms with Crippen LogP contribution in [-0.2, 0) is 9.59 Å². The average molecular weight is 307 g/mol. The van der Waals surface area contributed by atoms with Gasteiger partial charge in [-0.05, 0) is 31.0 Å². The zero-order valence-corrected chi connectivity index (χ0v) is 12.1. The number of carbonyl (C=O) groups excluding carboxylic acids is 1. The molecule has 0 saturated heterocycles. The first kappa shape index (κ1) is 15.3. The number of carboxylic acid groups (broad SMARTS) is 1. The van der Waals surface area contributed by atoms with E-state index in [-0.39, 0.29) is 5.91 Å². The predicted molar refractivity (Wildman–Crippen MR) is 77.9 cm³/mol. The van der Waals surface area contributed by atoms with E-state index in [4.69, 9.17) is 16.9 Å². The maximum absolute atomic E-state index is 12.3. The summed E-state index contributed by atoms with van der Waals surface area (Å²) in [6.07, 6.45) is 2.73. The number of rotatable bonds is 3. The van der Waals surface area contributed by atoms with Gasteiger partial charge in [0.25, 0.3) is 0 Å². The van der Waals surface area contributed by atoms with E-state index in [0.29, 0.717) is 29.1 Å². The van der Waals surface area contributed by atoms with E-state index in [1.54, 1.807) is 6.07 Å². The van der Waals surface area contributed by atoms with Gasteiger partial charge in [-0.1, -0.05) is 24.4 Å². The molecule has 110 valence electrons. The van der Waals surface area contributed by atoms with E-state index < -0.39 is 17.8 Å². The van der Waals surface area contributed by atoms with E-state index in [2.05, 4.69) is 5.32 Å². The minimum Gasteiger partial charge on any atom is -0.481 e. The molecule has 2 atom stereocenters. The highest BCUT2D eigenvalue weighted by atomic mass is 35.5. The van der Waals surface area contributed by atoms with Gasteiger partial charge >= 0.3 is 5.97 Å². The second-order valence-electron chi connectivity index (χ2n) is 5.13. The lowest BCUT2D eigenvalue weighted by molar-refractivity contribution is -0.147. The number of hydrogen-bond acceptors (Lipinski definition) is 3. The van der Waals surface area contributed by atoms with Crippen LogP contribution in [0.3, 0.4) is 0 Å². The van der Waals surface area contributed by atoms with Crippen molar-refractivity contribution >= 4 is 29.2 Å². The molecule has 21 heavy (non-hydrogen) atoms. The molecule has 1 fully saturated rings. The lowest BCUT2D eigenvalue weighted by atomic mass is 9.78. The Morgan fingerprint density at radius 2 is 1.95 bits per heavy atom. The van der Waals surface area contributed by atoms with Crippen molar-refractivity contribution in [1.82, 2.24) is 0 Å². The van der Waals surface area contributed by atoms with E-state index in [1.165, 1.54) is 12.1 Å². The molecule has 0 unspecified atom stereocenters. The molecular weight excluding hydrogens is 292 g/mol. The highest BCUT2D eigenvalue weighted by Crippen LogP contribution is 2.32. The minimum atomic E-state index is -0.938. The average Bonchev–Trinajstić information content (AvgIpc) is 2.49. The van der Waals surface area contributed by atoms with Crippen molar-refractivity contribution in [3.8, 4) is 6.07 Å². The number of nitriles is 1. The number of amides is 1. The predicted octanol–water partition coefficient (Wildman–Crippen LogP) is 3.04. The van der Waals surface area contributed by atoms with Gasteiger partial charge in [0, 0.05) is 0 Å². The molecule has 1 aliphatic rings. The van der Waals surface area contributed by atoms with Gasteiger partial charge in [0.15, 0.2) is 0 Å². The fraction of sp³-hybridized carbons (Fsp3) is 0.400. The number of anilines is 1. The minimum absolute atomic E-state index is 0.324. The summed E-state index contributed by atoms with van der Waals surface area (Å²) in [6.45, 7) is 0. The standard InChI is InChI=1S/C15H15ClN2O3/c16-12-6-5-9(8-17)7-13(12)18-14(19)10-3-1-2-4-11(10)15(20)21/h5-7,10-11H,1-4H2,(H,18,19)(H,20,21)/t10-,11+/m1/s1. The summed E-state index contributed by atoms with van der Waals surface area (Å²) in [6, 6.07) is 6.54. The Morgan fingerprint density at radius 1 is 1.29 bits per heavy atom. The first-order valence-electron chi connectivity index (χ1n) is 6.76. The van der Waals surface area contributed by atoms with Gasteiger partial charge in [0.1, 0.15) is 0 Å². The largest absolute Gasteiger partial charge is 0.481 e. The SMILES string of the molecule is N#Cc1ccc(Cl)c(NC(=O)[C@@H]2CCCC[C@@H]2C(=O)O)c1. The number of hydrogen-bond donors (Lipinski definition) is 2. The van der Waals surface area contributed by atoms with E-state index in [0.717, 1.165) is 12.8 Å². The van der Waals surface area contributed by atoms with Crippen LogP contribution in [0.5, 0.6) is 0 Å². The van der Waals surface area contributed by atoms with Crippen molar-refractivity contribution in [1.29, 1.82) is 5.26 Å². The van der Waals surface area contributed by atoms with E-state index in [1.807, 2.05) is 6.07 Å². The number of benzene rings is 1. The molecule has 1 amide bonds. The van der Waals surface area contributed by atoms with Crippen LogP contribution in [0.2, 0.25) is 5.02 Å². The molecule has 0 aromatic heterocycles. The number of aliphatic carboxylic acids is 1. The topological polar surface area (TPSA) is 90.2 Å². The van der Waals surface area contributed by atoms with Crippen LogP contribution in [0.25, 0.3) is 0 Å². The summed E-state index contributed by atoms with van der Waals surface area (Å²) in [5.74, 6) is -2.50. The third-order valence-corrected chi connectivity index (χ3v) is 4.10. The lowest BCUT2D eigenvalue weighted by Crippen LogP contribution is -2.36. The molecule has 2 rings (SSSR count). The fourth-order valence-electron chi connectivity index (χ4n) is 2.66. The number of halogens is 1. The van der Waals surface area contributed by atoms with E-state index >= 15 is 0 Å². The molecule has 0 heterocycles. The third-order valence-electron chi connectivity index (χ3n) is 3.77. The second kappa shape index (κ2) is 6.59. The second-order valence-corrected chi connectivity index (χ2v) is 5.54. The van der Waals surface area contributed by atoms with Crippen LogP contribution >= 0.6 is 11.6 Å².